The highest BCUT2D eigenvalue weighted by atomic mass is 35.5. The molecule has 3 N–H and O–H groups in total. The zero-order valence-corrected chi connectivity index (χ0v) is 13.2. The Hall–Kier alpha value is -2.73. The normalized spacial score (nSPS) is 10.5. The molecule has 6 nitrogen and oxygen atoms in total. The molecule has 0 radical (unpaired) electrons. The number of aromatic hydroxyl groups is 1. The molecule has 0 unspecified atom stereocenters. The van der Waals surface area contributed by atoms with Crippen molar-refractivity contribution in [1.29, 1.82) is 0 Å². The van der Waals surface area contributed by atoms with Crippen LogP contribution >= 0.6 is 11.6 Å². The summed E-state index contributed by atoms with van der Waals surface area (Å²) >= 11 is 5.97. The third-order valence-corrected chi connectivity index (χ3v) is 3.25. The Bertz CT molecular complexity index is 719. The van der Waals surface area contributed by atoms with Gasteiger partial charge in [0.05, 0.1) is 30.6 Å². The maximum Gasteiger partial charge on any atom is 0.259 e. The number of phenols is 1. The van der Waals surface area contributed by atoms with Crippen LogP contribution in [-0.4, -0.2) is 30.9 Å². The third-order valence-electron chi connectivity index (χ3n) is 2.92. The lowest BCUT2D eigenvalue weighted by Crippen LogP contribution is -2.25. The average molecular weight is 334 g/mol. The number of halogens is 1. The number of rotatable bonds is 6. The smallest absolute Gasteiger partial charge is 0.259 e. The summed E-state index contributed by atoms with van der Waals surface area (Å²) in [5, 5.41) is 16.9. The van der Waals surface area contributed by atoms with Crippen LogP contribution in [-0.2, 0) is 4.79 Å². The monoisotopic (exact) mass is 333 g/mol. The summed E-state index contributed by atoms with van der Waals surface area (Å²) in [6.45, 7) is 0.0366. The van der Waals surface area contributed by atoms with Crippen LogP contribution in [0.5, 0.6) is 11.5 Å². The summed E-state index contributed by atoms with van der Waals surface area (Å²) in [5.41, 5.74) is 3.68. The maximum atomic E-state index is 11.7. The first kappa shape index (κ1) is 16.6. The number of hydrogen-bond acceptors (Lipinski definition) is 5. The SMILES string of the molecule is COc1ccc(C=NNC(=O)CNc2ccccc2Cl)cc1O. The molecule has 2 aromatic rings. The van der Waals surface area contributed by atoms with Gasteiger partial charge in [-0.3, -0.25) is 4.79 Å². The molecule has 7 heteroatoms. The Morgan fingerprint density at radius 3 is 2.83 bits per heavy atom. The van der Waals surface area contributed by atoms with Crippen molar-refractivity contribution in [3.05, 3.63) is 53.1 Å². The third kappa shape index (κ3) is 4.89. The zero-order valence-electron chi connectivity index (χ0n) is 12.4. The topological polar surface area (TPSA) is 83.0 Å². The predicted octanol–water partition coefficient (Wildman–Crippen LogP) is 2.62. The molecule has 120 valence electrons. The number of benzene rings is 2. The van der Waals surface area contributed by atoms with E-state index in [0.717, 1.165) is 0 Å². The van der Waals surface area contributed by atoms with Gasteiger partial charge in [0.25, 0.3) is 5.91 Å². The van der Waals surface area contributed by atoms with Gasteiger partial charge in [0.1, 0.15) is 0 Å². The second-order valence-electron chi connectivity index (χ2n) is 4.56. The minimum Gasteiger partial charge on any atom is -0.504 e. The fourth-order valence-electron chi connectivity index (χ4n) is 1.79. The lowest BCUT2D eigenvalue weighted by Gasteiger charge is -2.06. The summed E-state index contributed by atoms with van der Waals surface area (Å²) in [6, 6.07) is 11.9. The highest BCUT2D eigenvalue weighted by molar-refractivity contribution is 6.33. The van der Waals surface area contributed by atoms with Gasteiger partial charge in [-0.25, -0.2) is 5.43 Å². The standard InChI is InChI=1S/C16H16ClN3O3/c1-23-15-7-6-11(8-14(15)21)9-19-20-16(22)10-18-13-5-3-2-4-12(13)17/h2-9,18,21H,10H2,1H3,(H,20,22). The van der Waals surface area contributed by atoms with Gasteiger partial charge in [-0.15, -0.1) is 0 Å². The van der Waals surface area contributed by atoms with E-state index in [1.165, 1.54) is 19.4 Å². The number of hydrazone groups is 1. The first-order valence-electron chi connectivity index (χ1n) is 6.77. The van der Waals surface area contributed by atoms with Gasteiger partial charge in [-0.05, 0) is 35.9 Å². The summed E-state index contributed by atoms with van der Waals surface area (Å²) in [6.07, 6.45) is 1.42. The number of para-hydroxylation sites is 1. The molecule has 0 aliphatic carbocycles. The van der Waals surface area contributed by atoms with E-state index in [2.05, 4.69) is 15.8 Å². The molecule has 0 saturated heterocycles. The van der Waals surface area contributed by atoms with E-state index in [1.807, 2.05) is 12.1 Å². The molecule has 2 rings (SSSR count). The van der Waals surface area contributed by atoms with Crippen LogP contribution in [0.4, 0.5) is 5.69 Å². The Morgan fingerprint density at radius 2 is 2.13 bits per heavy atom. The van der Waals surface area contributed by atoms with E-state index in [-0.39, 0.29) is 18.2 Å². The van der Waals surface area contributed by atoms with Gasteiger partial charge >= 0.3 is 0 Å². The maximum absolute atomic E-state index is 11.7. The largest absolute Gasteiger partial charge is 0.504 e. The number of nitrogens with one attached hydrogen (secondary N) is 2. The van der Waals surface area contributed by atoms with Gasteiger partial charge in [0.15, 0.2) is 11.5 Å². The zero-order chi connectivity index (χ0) is 16.7. The number of carbonyl (C=O) groups excluding carboxylic acids is 1. The molecule has 0 fully saturated rings. The van der Waals surface area contributed by atoms with Crippen molar-refractivity contribution in [3.8, 4) is 11.5 Å². The minimum atomic E-state index is -0.320. The summed E-state index contributed by atoms with van der Waals surface area (Å²) < 4.78 is 4.94. The second kappa shape index (κ2) is 8.05. The molecule has 1 amide bonds. The fourth-order valence-corrected chi connectivity index (χ4v) is 1.99. The number of hydrogen-bond donors (Lipinski definition) is 3. The van der Waals surface area contributed by atoms with Gasteiger partial charge in [0, 0.05) is 0 Å². The van der Waals surface area contributed by atoms with Gasteiger partial charge in [-0.1, -0.05) is 23.7 Å². The van der Waals surface area contributed by atoms with Gasteiger partial charge in [0.2, 0.25) is 0 Å². The quantitative estimate of drug-likeness (QED) is 0.560. The van der Waals surface area contributed by atoms with Crippen molar-refractivity contribution in [2.45, 2.75) is 0 Å². The van der Waals surface area contributed by atoms with Crippen LogP contribution in [0.25, 0.3) is 0 Å². The van der Waals surface area contributed by atoms with E-state index in [0.29, 0.717) is 22.0 Å². The van der Waals surface area contributed by atoms with Crippen LogP contribution in [0.3, 0.4) is 0 Å². The van der Waals surface area contributed by atoms with E-state index in [1.54, 1.807) is 24.3 Å². The number of amides is 1. The van der Waals surface area contributed by atoms with Crippen LogP contribution < -0.4 is 15.5 Å². The number of anilines is 1. The van der Waals surface area contributed by atoms with E-state index in [9.17, 15) is 9.90 Å². The van der Waals surface area contributed by atoms with Crippen molar-refractivity contribution < 1.29 is 14.6 Å². The van der Waals surface area contributed by atoms with Crippen molar-refractivity contribution in [2.24, 2.45) is 5.10 Å². The van der Waals surface area contributed by atoms with E-state index < -0.39 is 0 Å². The molecule has 0 aromatic heterocycles. The average Bonchev–Trinajstić information content (AvgIpc) is 2.54. The van der Waals surface area contributed by atoms with Crippen LogP contribution in [0.15, 0.2) is 47.6 Å². The molecule has 23 heavy (non-hydrogen) atoms. The number of nitrogens with zero attached hydrogens (tertiary/aromatic N) is 1. The van der Waals surface area contributed by atoms with Crippen LogP contribution in [0.1, 0.15) is 5.56 Å². The lowest BCUT2D eigenvalue weighted by molar-refractivity contribution is -0.119. The van der Waals surface area contributed by atoms with Crippen molar-refractivity contribution >= 4 is 29.4 Å². The molecule has 0 aliphatic heterocycles. The number of methoxy groups -OCH3 is 1. The Balaban J connectivity index is 1.84. The number of ether oxygens (including phenoxy) is 1. The van der Waals surface area contributed by atoms with Crippen molar-refractivity contribution in [3.63, 3.8) is 0 Å². The number of carbonyl (C=O) groups is 1. The first-order chi connectivity index (χ1) is 11.1. The Labute approximate surface area is 138 Å². The summed E-state index contributed by atoms with van der Waals surface area (Å²) in [5.74, 6) is 0.0530. The summed E-state index contributed by atoms with van der Waals surface area (Å²) in [4.78, 5) is 11.7. The van der Waals surface area contributed by atoms with Gasteiger partial charge < -0.3 is 15.2 Å². The molecule has 0 atom stereocenters. The highest BCUT2D eigenvalue weighted by Gasteiger charge is 2.03. The molecule has 2 aromatic carbocycles. The molecule has 0 heterocycles. The minimum absolute atomic E-state index is 0.00293. The van der Waals surface area contributed by atoms with Crippen LogP contribution in [0.2, 0.25) is 5.02 Å². The first-order valence-corrected chi connectivity index (χ1v) is 7.15. The van der Waals surface area contributed by atoms with Crippen molar-refractivity contribution in [1.82, 2.24) is 5.43 Å². The highest BCUT2D eigenvalue weighted by Crippen LogP contribution is 2.25. The van der Waals surface area contributed by atoms with Gasteiger partial charge in [-0.2, -0.15) is 5.10 Å². The fraction of sp³-hybridized carbons (Fsp3) is 0.125. The van der Waals surface area contributed by atoms with Crippen molar-refractivity contribution in [2.75, 3.05) is 19.0 Å². The summed E-state index contributed by atoms with van der Waals surface area (Å²) in [7, 11) is 1.47. The van der Waals surface area contributed by atoms with Crippen LogP contribution in [0, 0.1) is 0 Å². The number of phenolic OH excluding ortho intramolecular Hbond substituents is 1. The Morgan fingerprint density at radius 1 is 1.35 bits per heavy atom. The van der Waals surface area contributed by atoms with E-state index in [4.69, 9.17) is 16.3 Å². The second-order valence-corrected chi connectivity index (χ2v) is 4.97. The molecular weight excluding hydrogens is 318 g/mol. The Kier molecular flexibility index (Phi) is 5.82. The predicted molar refractivity (Wildman–Crippen MR) is 90.3 cm³/mol. The molecule has 0 saturated carbocycles. The van der Waals surface area contributed by atoms with E-state index >= 15 is 0 Å². The molecular formula is C16H16ClN3O3. The molecule has 0 aliphatic rings. The molecule has 0 bridgehead atoms. The lowest BCUT2D eigenvalue weighted by atomic mass is 10.2. The molecule has 0 spiro atoms.